The minimum absolute atomic E-state index is 0.402. The van der Waals surface area contributed by atoms with Crippen molar-refractivity contribution in [3.05, 3.63) is 33.8 Å². The summed E-state index contributed by atoms with van der Waals surface area (Å²) in [6, 6.07) is 6.24. The van der Waals surface area contributed by atoms with Gasteiger partial charge in [0.1, 0.15) is 0 Å². The van der Waals surface area contributed by atoms with Gasteiger partial charge in [0.15, 0.2) is 0 Å². The number of hydrogen-bond acceptors (Lipinski definition) is 1. The summed E-state index contributed by atoms with van der Waals surface area (Å²) in [5.74, 6) is 0.862. The van der Waals surface area contributed by atoms with Crippen LogP contribution in [0.5, 0.6) is 0 Å². The first-order valence-corrected chi connectivity index (χ1v) is 8.02. The molecule has 0 amide bonds. The lowest BCUT2D eigenvalue weighted by atomic mass is 9.96. The van der Waals surface area contributed by atoms with Crippen LogP contribution in [0.1, 0.15) is 52.1 Å². The van der Waals surface area contributed by atoms with E-state index < -0.39 is 0 Å². The van der Waals surface area contributed by atoms with Gasteiger partial charge in [0.05, 0.1) is 0 Å². The van der Waals surface area contributed by atoms with Gasteiger partial charge < -0.3 is 0 Å². The van der Waals surface area contributed by atoms with Crippen molar-refractivity contribution in [2.75, 3.05) is 13.1 Å². The van der Waals surface area contributed by atoms with Gasteiger partial charge in [-0.3, -0.25) is 4.90 Å². The number of benzene rings is 1. The third-order valence-corrected chi connectivity index (χ3v) is 4.17. The second kappa shape index (κ2) is 8.14. The number of rotatable bonds is 2. The van der Waals surface area contributed by atoms with Crippen molar-refractivity contribution in [1.29, 1.82) is 0 Å². The highest BCUT2D eigenvalue weighted by Gasteiger charge is 2.21. The molecule has 1 aromatic carbocycles. The molecule has 0 bridgehead atoms. The van der Waals surface area contributed by atoms with Crippen LogP contribution in [0.15, 0.2) is 18.2 Å². The number of nitrogens with zero attached hydrogens (tertiary/aromatic N) is 1. The van der Waals surface area contributed by atoms with Crippen LogP contribution in [0.25, 0.3) is 0 Å². The quantitative estimate of drug-likeness (QED) is 0.666. The predicted molar refractivity (Wildman–Crippen MR) is 86.2 cm³/mol. The number of piperidine rings is 1. The van der Waals surface area contributed by atoms with Crippen molar-refractivity contribution in [2.45, 2.75) is 46.6 Å². The van der Waals surface area contributed by atoms with E-state index in [2.05, 4.69) is 18.7 Å². The fourth-order valence-corrected chi connectivity index (χ4v) is 2.99. The number of hydrogen-bond donors (Lipinski definition) is 0. The summed E-state index contributed by atoms with van der Waals surface area (Å²) in [5, 5.41) is 1.45. The molecule has 1 heterocycles. The third-order valence-electron chi connectivity index (χ3n) is 3.73. The first kappa shape index (κ1) is 16.8. The Hall–Kier alpha value is -0.240. The molecule has 0 aromatic heterocycles. The zero-order chi connectivity index (χ0) is 14.4. The fraction of sp³-hybridized carbons (Fsp3) is 0.625. The summed E-state index contributed by atoms with van der Waals surface area (Å²) >= 11 is 12.1. The van der Waals surface area contributed by atoms with E-state index in [1.54, 1.807) is 6.07 Å². The Kier molecular flexibility index (Phi) is 7.20. The lowest BCUT2D eigenvalue weighted by molar-refractivity contribution is 0.147. The molecule has 1 fully saturated rings. The van der Waals surface area contributed by atoms with E-state index in [9.17, 15) is 0 Å². The van der Waals surface area contributed by atoms with Crippen LogP contribution in [0, 0.1) is 5.92 Å². The molecule has 1 atom stereocenters. The van der Waals surface area contributed by atoms with Gasteiger partial charge in [-0.05, 0) is 62.5 Å². The molecule has 19 heavy (non-hydrogen) atoms. The maximum Gasteiger partial charge on any atom is 0.0424 e. The third kappa shape index (κ3) is 4.98. The second-order valence-corrected chi connectivity index (χ2v) is 5.97. The highest BCUT2D eigenvalue weighted by molar-refractivity contribution is 6.34. The van der Waals surface area contributed by atoms with Crippen LogP contribution in [-0.2, 0) is 0 Å². The maximum absolute atomic E-state index is 6.05. The van der Waals surface area contributed by atoms with Crippen molar-refractivity contribution in [2.24, 2.45) is 5.92 Å². The van der Waals surface area contributed by atoms with Crippen LogP contribution < -0.4 is 0 Å². The normalized spacial score (nSPS) is 18.6. The van der Waals surface area contributed by atoms with Gasteiger partial charge in [0.25, 0.3) is 0 Å². The molecule has 1 aromatic rings. The molecule has 0 spiro atoms. The van der Waals surface area contributed by atoms with Crippen LogP contribution in [-0.4, -0.2) is 18.0 Å². The SMILES string of the molecule is CC.CC1CCN(C(C)c2cc(Cl)cc(Cl)c2)CC1. The van der Waals surface area contributed by atoms with Gasteiger partial charge in [-0.15, -0.1) is 0 Å². The fourth-order valence-electron chi connectivity index (χ4n) is 2.44. The van der Waals surface area contributed by atoms with Crippen molar-refractivity contribution in [1.82, 2.24) is 4.90 Å². The molecule has 1 aliphatic heterocycles. The van der Waals surface area contributed by atoms with Crippen LogP contribution in [0.2, 0.25) is 10.0 Å². The Bertz CT molecular complexity index is 364. The summed E-state index contributed by atoms with van der Waals surface area (Å²) in [6.45, 7) is 10.9. The second-order valence-electron chi connectivity index (χ2n) is 5.10. The van der Waals surface area contributed by atoms with Gasteiger partial charge in [0.2, 0.25) is 0 Å². The van der Waals surface area contributed by atoms with E-state index in [0.717, 1.165) is 16.0 Å². The molecule has 1 aliphatic rings. The zero-order valence-electron chi connectivity index (χ0n) is 12.4. The smallest absolute Gasteiger partial charge is 0.0424 e. The highest BCUT2D eigenvalue weighted by atomic mass is 35.5. The molecule has 1 saturated heterocycles. The van der Waals surface area contributed by atoms with Crippen molar-refractivity contribution in [3.63, 3.8) is 0 Å². The molecule has 0 N–H and O–H groups in total. The first-order valence-electron chi connectivity index (χ1n) is 7.26. The van der Waals surface area contributed by atoms with Crippen molar-refractivity contribution < 1.29 is 0 Å². The van der Waals surface area contributed by atoms with Gasteiger partial charge in [-0.2, -0.15) is 0 Å². The largest absolute Gasteiger partial charge is 0.297 e. The molecule has 1 unspecified atom stereocenters. The molecule has 0 aliphatic carbocycles. The predicted octanol–water partition coefficient (Wildman–Crippen LogP) is 5.81. The monoisotopic (exact) mass is 301 g/mol. The molecular formula is C16H25Cl2N. The van der Waals surface area contributed by atoms with E-state index in [1.165, 1.54) is 31.5 Å². The van der Waals surface area contributed by atoms with E-state index >= 15 is 0 Å². The lowest BCUT2D eigenvalue weighted by Crippen LogP contribution is -2.34. The van der Waals surface area contributed by atoms with E-state index in [1.807, 2.05) is 26.0 Å². The Labute approximate surface area is 127 Å². The van der Waals surface area contributed by atoms with E-state index in [-0.39, 0.29) is 0 Å². The summed E-state index contributed by atoms with van der Waals surface area (Å²) in [4.78, 5) is 2.52. The van der Waals surface area contributed by atoms with Gasteiger partial charge >= 0.3 is 0 Å². The first-order chi connectivity index (χ1) is 9.06. The van der Waals surface area contributed by atoms with Gasteiger partial charge in [-0.25, -0.2) is 0 Å². The van der Waals surface area contributed by atoms with Crippen LogP contribution in [0.4, 0.5) is 0 Å². The lowest BCUT2D eigenvalue weighted by Gasteiger charge is -2.35. The molecule has 108 valence electrons. The molecule has 1 nitrogen and oxygen atoms in total. The molecule has 3 heteroatoms. The Morgan fingerprint density at radius 1 is 1.05 bits per heavy atom. The minimum atomic E-state index is 0.402. The zero-order valence-corrected chi connectivity index (χ0v) is 13.9. The van der Waals surface area contributed by atoms with Crippen molar-refractivity contribution >= 4 is 23.2 Å². The summed E-state index contributed by atoms with van der Waals surface area (Å²) in [5.41, 5.74) is 1.22. The molecular weight excluding hydrogens is 277 g/mol. The standard InChI is InChI=1S/C14H19Cl2N.C2H6/c1-10-3-5-17(6-4-10)11(2)12-7-13(15)9-14(16)8-12;1-2/h7-11H,3-6H2,1-2H3;1-2H3. The topological polar surface area (TPSA) is 3.24 Å². The molecule has 2 rings (SSSR count). The molecule has 0 radical (unpaired) electrons. The average Bonchev–Trinajstić information content (AvgIpc) is 2.40. The summed E-state index contributed by atoms with van der Waals surface area (Å²) in [6.07, 6.45) is 2.58. The van der Waals surface area contributed by atoms with E-state index in [4.69, 9.17) is 23.2 Å². The van der Waals surface area contributed by atoms with Crippen molar-refractivity contribution in [3.8, 4) is 0 Å². The van der Waals surface area contributed by atoms with Gasteiger partial charge in [0, 0.05) is 16.1 Å². The van der Waals surface area contributed by atoms with Crippen LogP contribution in [0.3, 0.4) is 0 Å². The molecule has 0 saturated carbocycles. The summed E-state index contributed by atoms with van der Waals surface area (Å²) < 4.78 is 0. The number of likely N-dealkylation sites (tertiary alicyclic amines) is 1. The number of halogens is 2. The Balaban J connectivity index is 0.000000861. The average molecular weight is 302 g/mol. The Morgan fingerprint density at radius 2 is 1.53 bits per heavy atom. The Morgan fingerprint density at radius 3 is 2.00 bits per heavy atom. The van der Waals surface area contributed by atoms with E-state index in [0.29, 0.717) is 6.04 Å². The highest BCUT2D eigenvalue weighted by Crippen LogP contribution is 2.29. The summed E-state index contributed by atoms with van der Waals surface area (Å²) in [7, 11) is 0. The van der Waals surface area contributed by atoms with Gasteiger partial charge in [-0.1, -0.05) is 44.0 Å². The maximum atomic E-state index is 6.05. The van der Waals surface area contributed by atoms with Crippen LogP contribution >= 0.6 is 23.2 Å². The minimum Gasteiger partial charge on any atom is -0.297 e.